The summed E-state index contributed by atoms with van der Waals surface area (Å²) in [5, 5.41) is 5.95. The van der Waals surface area contributed by atoms with Crippen LogP contribution in [-0.2, 0) is 0 Å². The quantitative estimate of drug-likeness (QED) is 0.204. The summed E-state index contributed by atoms with van der Waals surface area (Å²) in [5.74, 6) is 0. The van der Waals surface area contributed by atoms with Crippen LogP contribution in [0.15, 0.2) is 132 Å². The van der Waals surface area contributed by atoms with E-state index in [1.807, 2.05) is 30.3 Å². The van der Waals surface area contributed by atoms with Gasteiger partial charge in [0.1, 0.15) is 11.2 Å². The van der Waals surface area contributed by atoms with Crippen LogP contribution in [0, 0.1) is 0 Å². The van der Waals surface area contributed by atoms with Crippen molar-refractivity contribution in [1.29, 1.82) is 0 Å². The zero-order valence-electron chi connectivity index (χ0n) is 21.6. The van der Waals surface area contributed by atoms with Crippen molar-refractivity contribution in [1.82, 2.24) is 0 Å². The SMILES string of the molecule is Clc1cc(Cl)cc(-c2ccc3sc4cc(N(c5ccccc5)c5ccc6oc7ccccc7c6c5)ccc4c3c2)c1. The molecule has 0 unspecified atom stereocenters. The number of fused-ring (bicyclic) bond motifs is 6. The molecule has 2 aromatic heterocycles. The first-order valence-electron chi connectivity index (χ1n) is 13.3. The summed E-state index contributed by atoms with van der Waals surface area (Å²) in [6.07, 6.45) is 0. The van der Waals surface area contributed by atoms with Crippen LogP contribution in [0.4, 0.5) is 17.1 Å². The fraction of sp³-hybridized carbons (Fsp3) is 0. The van der Waals surface area contributed by atoms with Crippen LogP contribution in [0.25, 0.3) is 53.2 Å². The molecule has 0 N–H and O–H groups in total. The molecule has 0 aliphatic carbocycles. The van der Waals surface area contributed by atoms with E-state index in [0.717, 1.165) is 50.1 Å². The first kappa shape index (κ1) is 24.5. The van der Waals surface area contributed by atoms with Gasteiger partial charge < -0.3 is 9.32 Å². The predicted octanol–water partition coefficient (Wildman–Crippen LogP) is 12.4. The highest BCUT2D eigenvalue weighted by atomic mass is 35.5. The van der Waals surface area contributed by atoms with Crippen molar-refractivity contribution in [3.05, 3.63) is 137 Å². The van der Waals surface area contributed by atoms with Crippen LogP contribution in [0.1, 0.15) is 0 Å². The molecule has 2 nitrogen and oxygen atoms in total. The summed E-state index contributed by atoms with van der Waals surface area (Å²) in [6, 6.07) is 44.1. The number of furan rings is 1. The Labute approximate surface area is 250 Å². The largest absolute Gasteiger partial charge is 0.456 e. The first-order chi connectivity index (χ1) is 20.1. The Bertz CT molecular complexity index is 2230. The Morgan fingerprint density at radius 3 is 2.05 bits per heavy atom. The second-order valence-electron chi connectivity index (χ2n) is 10.1. The van der Waals surface area contributed by atoms with E-state index in [1.165, 1.54) is 20.2 Å². The van der Waals surface area contributed by atoms with Crippen LogP contribution in [0.5, 0.6) is 0 Å². The van der Waals surface area contributed by atoms with Gasteiger partial charge in [-0.1, -0.05) is 71.7 Å². The Morgan fingerprint density at radius 1 is 0.463 bits per heavy atom. The van der Waals surface area contributed by atoms with E-state index in [1.54, 1.807) is 17.4 Å². The van der Waals surface area contributed by atoms with Crippen molar-refractivity contribution in [2.75, 3.05) is 4.90 Å². The van der Waals surface area contributed by atoms with Crippen molar-refractivity contribution in [3.8, 4) is 11.1 Å². The monoisotopic (exact) mass is 585 g/mol. The molecular formula is C36H21Cl2NOS. The minimum absolute atomic E-state index is 0.634. The lowest BCUT2D eigenvalue weighted by Crippen LogP contribution is -2.09. The molecule has 8 rings (SSSR count). The average molecular weight is 587 g/mol. The van der Waals surface area contributed by atoms with Crippen LogP contribution in [0.2, 0.25) is 10.0 Å². The number of halogens is 2. The van der Waals surface area contributed by atoms with Crippen molar-refractivity contribution in [2.24, 2.45) is 0 Å². The van der Waals surface area contributed by atoms with Gasteiger partial charge in [-0.3, -0.25) is 0 Å². The average Bonchev–Trinajstić information content (AvgIpc) is 3.54. The maximum Gasteiger partial charge on any atom is 0.135 e. The molecule has 2 heterocycles. The topological polar surface area (TPSA) is 16.4 Å². The molecule has 0 saturated carbocycles. The van der Waals surface area contributed by atoms with Gasteiger partial charge in [-0.15, -0.1) is 11.3 Å². The van der Waals surface area contributed by atoms with Crippen molar-refractivity contribution in [3.63, 3.8) is 0 Å². The highest BCUT2D eigenvalue weighted by Crippen LogP contribution is 2.43. The number of benzene rings is 6. The summed E-state index contributed by atoms with van der Waals surface area (Å²) < 4.78 is 8.59. The van der Waals surface area contributed by atoms with E-state index >= 15 is 0 Å². The van der Waals surface area contributed by atoms with Gasteiger partial charge in [-0.05, 0) is 90.0 Å². The maximum absolute atomic E-state index is 6.30. The standard InChI is InChI=1S/C36H21Cl2NOS/c37-24-16-23(17-25(38)19-24)22-10-15-35-32(18-22)30-13-11-28(21-36(30)41-35)39(26-6-2-1-3-7-26)27-12-14-34-31(20-27)29-8-4-5-9-33(29)40-34/h1-21H. The molecule has 6 aromatic carbocycles. The number of para-hydroxylation sites is 2. The third-order valence-electron chi connectivity index (χ3n) is 7.54. The minimum atomic E-state index is 0.634. The number of rotatable bonds is 4. The van der Waals surface area contributed by atoms with Gasteiger partial charge in [0.25, 0.3) is 0 Å². The van der Waals surface area contributed by atoms with Gasteiger partial charge in [0.2, 0.25) is 0 Å². The highest BCUT2D eigenvalue weighted by Gasteiger charge is 2.17. The van der Waals surface area contributed by atoms with Gasteiger partial charge in [0, 0.05) is 58.1 Å². The van der Waals surface area contributed by atoms with Crippen LogP contribution in [0.3, 0.4) is 0 Å². The summed E-state index contributed by atoms with van der Waals surface area (Å²) in [7, 11) is 0. The van der Waals surface area contributed by atoms with Gasteiger partial charge >= 0.3 is 0 Å². The highest BCUT2D eigenvalue weighted by molar-refractivity contribution is 7.25. The molecule has 0 spiro atoms. The molecule has 5 heteroatoms. The zero-order chi connectivity index (χ0) is 27.5. The van der Waals surface area contributed by atoms with Crippen LogP contribution in [-0.4, -0.2) is 0 Å². The minimum Gasteiger partial charge on any atom is -0.456 e. The van der Waals surface area contributed by atoms with Gasteiger partial charge in [-0.25, -0.2) is 0 Å². The third-order valence-corrected chi connectivity index (χ3v) is 9.11. The fourth-order valence-corrected chi connectivity index (χ4v) is 7.33. The molecule has 0 aliphatic rings. The van der Waals surface area contributed by atoms with Crippen molar-refractivity contribution < 1.29 is 4.42 Å². The van der Waals surface area contributed by atoms with Gasteiger partial charge in [-0.2, -0.15) is 0 Å². The molecule has 8 aromatic rings. The molecule has 0 radical (unpaired) electrons. The fourth-order valence-electron chi connectivity index (χ4n) is 5.68. The van der Waals surface area contributed by atoms with E-state index in [-0.39, 0.29) is 0 Å². The van der Waals surface area contributed by atoms with Crippen LogP contribution < -0.4 is 4.90 Å². The first-order valence-corrected chi connectivity index (χ1v) is 14.9. The Balaban J connectivity index is 1.28. The molecule has 0 bridgehead atoms. The number of nitrogens with zero attached hydrogens (tertiary/aromatic N) is 1. The second kappa shape index (κ2) is 9.67. The second-order valence-corrected chi connectivity index (χ2v) is 12.1. The van der Waals surface area contributed by atoms with Gasteiger partial charge in [0.15, 0.2) is 0 Å². The number of hydrogen-bond donors (Lipinski definition) is 0. The molecule has 0 fully saturated rings. The zero-order valence-corrected chi connectivity index (χ0v) is 24.0. The molecule has 0 aliphatic heterocycles. The number of thiophene rings is 1. The molecule has 41 heavy (non-hydrogen) atoms. The Hall–Kier alpha value is -4.28. The van der Waals surface area contributed by atoms with Gasteiger partial charge in [0.05, 0.1) is 0 Å². The molecule has 196 valence electrons. The van der Waals surface area contributed by atoms with E-state index in [4.69, 9.17) is 27.6 Å². The van der Waals surface area contributed by atoms with Crippen LogP contribution >= 0.6 is 34.5 Å². The molecule has 0 saturated heterocycles. The summed E-state index contributed by atoms with van der Waals surface area (Å²) >= 11 is 14.4. The van der Waals surface area contributed by atoms with Crippen molar-refractivity contribution >= 4 is 93.7 Å². The van der Waals surface area contributed by atoms with E-state index < -0.39 is 0 Å². The Morgan fingerprint density at radius 2 is 1.20 bits per heavy atom. The molecular weight excluding hydrogens is 565 g/mol. The number of hydrogen-bond acceptors (Lipinski definition) is 3. The van der Waals surface area contributed by atoms with Crippen molar-refractivity contribution in [2.45, 2.75) is 0 Å². The third kappa shape index (κ3) is 4.25. The number of anilines is 3. The lowest BCUT2D eigenvalue weighted by molar-refractivity contribution is 0.669. The van der Waals surface area contributed by atoms with E-state index in [2.05, 4.69) is 95.9 Å². The summed E-state index contributed by atoms with van der Waals surface area (Å²) in [6.45, 7) is 0. The molecule has 0 atom stereocenters. The maximum atomic E-state index is 6.30. The normalized spacial score (nSPS) is 11.7. The molecule has 0 amide bonds. The summed E-state index contributed by atoms with van der Waals surface area (Å²) in [4.78, 5) is 2.31. The summed E-state index contributed by atoms with van der Waals surface area (Å²) in [5.41, 5.74) is 7.17. The smallest absolute Gasteiger partial charge is 0.135 e. The lowest BCUT2D eigenvalue weighted by Gasteiger charge is -2.25. The predicted molar refractivity (Wildman–Crippen MR) is 177 cm³/mol. The van der Waals surface area contributed by atoms with E-state index in [9.17, 15) is 0 Å². The lowest BCUT2D eigenvalue weighted by atomic mass is 10.0. The van der Waals surface area contributed by atoms with E-state index in [0.29, 0.717) is 10.0 Å². The Kier molecular flexibility index (Phi) is 5.78.